The van der Waals surface area contributed by atoms with E-state index >= 15 is 0 Å². The normalized spacial score (nSPS) is 12.3. The van der Waals surface area contributed by atoms with Gasteiger partial charge in [0.15, 0.2) is 0 Å². The van der Waals surface area contributed by atoms with Gasteiger partial charge in [-0.3, -0.25) is 0 Å². The Morgan fingerprint density at radius 1 is 1.23 bits per heavy atom. The van der Waals surface area contributed by atoms with E-state index in [1.165, 1.54) is 21.1 Å². The lowest BCUT2D eigenvalue weighted by Crippen LogP contribution is -1.92. The molecule has 3 heteroatoms. The van der Waals surface area contributed by atoms with Crippen LogP contribution in [0.25, 0.3) is 0 Å². The van der Waals surface area contributed by atoms with Crippen LogP contribution in [0.15, 0.2) is 12.1 Å². The molecule has 13 heavy (non-hydrogen) atoms. The standard InChI is InChI=1S/C10H12FO2/c1-7(11)8-4-9(12-2)6-10(5-8)13-3/h4-5,7H,1-3H3. The monoisotopic (exact) mass is 183 g/mol. The van der Waals surface area contributed by atoms with E-state index in [4.69, 9.17) is 9.47 Å². The van der Waals surface area contributed by atoms with Crippen molar-refractivity contribution in [3.63, 3.8) is 0 Å². The second-order valence-corrected chi connectivity index (χ2v) is 2.67. The fourth-order valence-electron chi connectivity index (χ4n) is 0.988. The number of rotatable bonds is 3. The number of hydrogen-bond donors (Lipinski definition) is 0. The zero-order chi connectivity index (χ0) is 9.84. The molecule has 1 rings (SSSR count). The third-order valence-electron chi connectivity index (χ3n) is 1.74. The molecule has 1 atom stereocenters. The summed E-state index contributed by atoms with van der Waals surface area (Å²) in [7, 11) is 3.02. The molecule has 1 aromatic carbocycles. The van der Waals surface area contributed by atoms with Crippen LogP contribution < -0.4 is 9.47 Å². The van der Waals surface area contributed by atoms with Gasteiger partial charge in [-0.25, -0.2) is 4.39 Å². The van der Waals surface area contributed by atoms with Crippen molar-refractivity contribution in [2.75, 3.05) is 14.2 Å². The topological polar surface area (TPSA) is 18.5 Å². The molecule has 2 nitrogen and oxygen atoms in total. The van der Waals surface area contributed by atoms with Gasteiger partial charge in [0.05, 0.1) is 20.3 Å². The van der Waals surface area contributed by atoms with E-state index in [0.717, 1.165) is 0 Å². The molecule has 0 aliphatic carbocycles. The summed E-state index contributed by atoms with van der Waals surface area (Å²) in [5.41, 5.74) is 0.535. The first-order valence-corrected chi connectivity index (χ1v) is 3.96. The van der Waals surface area contributed by atoms with Crippen LogP contribution in [0.3, 0.4) is 0 Å². The molecule has 0 saturated carbocycles. The molecule has 0 aliphatic heterocycles. The number of benzene rings is 1. The van der Waals surface area contributed by atoms with Crippen LogP contribution in [0.5, 0.6) is 11.5 Å². The molecule has 0 bridgehead atoms. The summed E-state index contributed by atoms with van der Waals surface area (Å²) in [5, 5.41) is 0. The average Bonchev–Trinajstić information content (AvgIpc) is 2.16. The van der Waals surface area contributed by atoms with Gasteiger partial charge >= 0.3 is 0 Å². The van der Waals surface area contributed by atoms with E-state index in [1.807, 2.05) is 0 Å². The van der Waals surface area contributed by atoms with Gasteiger partial charge in [-0.05, 0) is 24.6 Å². The molecule has 1 unspecified atom stereocenters. The van der Waals surface area contributed by atoms with Crippen molar-refractivity contribution in [1.82, 2.24) is 0 Å². The van der Waals surface area contributed by atoms with E-state index in [1.54, 1.807) is 12.1 Å². The van der Waals surface area contributed by atoms with Crippen molar-refractivity contribution in [3.8, 4) is 11.5 Å². The van der Waals surface area contributed by atoms with Crippen LogP contribution in [0.4, 0.5) is 4.39 Å². The molecule has 1 aromatic rings. The molecule has 0 aliphatic rings. The van der Waals surface area contributed by atoms with Crippen molar-refractivity contribution in [2.24, 2.45) is 0 Å². The number of halogens is 1. The minimum absolute atomic E-state index is 0.485. The summed E-state index contributed by atoms with van der Waals surface area (Å²) < 4.78 is 22.8. The number of methoxy groups -OCH3 is 2. The second-order valence-electron chi connectivity index (χ2n) is 2.67. The quantitative estimate of drug-likeness (QED) is 0.716. The minimum atomic E-state index is -1.03. The van der Waals surface area contributed by atoms with Crippen LogP contribution >= 0.6 is 0 Å². The first-order valence-electron chi connectivity index (χ1n) is 3.96. The molecule has 0 N–H and O–H groups in total. The highest BCUT2D eigenvalue weighted by Gasteiger charge is 2.07. The summed E-state index contributed by atoms with van der Waals surface area (Å²) in [5.74, 6) is 0.970. The van der Waals surface area contributed by atoms with Gasteiger partial charge in [-0.15, -0.1) is 0 Å². The molecule has 0 amide bonds. The van der Waals surface area contributed by atoms with Crippen molar-refractivity contribution in [1.29, 1.82) is 0 Å². The second kappa shape index (κ2) is 4.12. The van der Waals surface area contributed by atoms with Gasteiger partial charge in [-0.2, -0.15) is 0 Å². The average molecular weight is 183 g/mol. The van der Waals surface area contributed by atoms with Gasteiger partial charge < -0.3 is 9.47 Å². The molecule has 0 aromatic heterocycles. The Bertz CT molecular complexity index is 262. The first-order chi connectivity index (χ1) is 6.17. The van der Waals surface area contributed by atoms with Crippen LogP contribution in [0.1, 0.15) is 18.7 Å². The van der Waals surface area contributed by atoms with Gasteiger partial charge in [0.25, 0.3) is 0 Å². The number of alkyl halides is 1. The Hall–Kier alpha value is -1.25. The Kier molecular flexibility index (Phi) is 3.12. The smallest absolute Gasteiger partial charge is 0.131 e. The van der Waals surface area contributed by atoms with Gasteiger partial charge in [-0.1, -0.05) is 0 Å². The highest BCUT2D eigenvalue weighted by atomic mass is 19.1. The van der Waals surface area contributed by atoms with E-state index in [0.29, 0.717) is 17.1 Å². The zero-order valence-electron chi connectivity index (χ0n) is 7.93. The number of ether oxygens (including phenoxy) is 2. The fraction of sp³-hybridized carbons (Fsp3) is 0.400. The molecular weight excluding hydrogens is 171 g/mol. The van der Waals surface area contributed by atoms with Gasteiger partial charge in [0.2, 0.25) is 0 Å². The maximum absolute atomic E-state index is 12.9. The maximum atomic E-state index is 12.9. The van der Waals surface area contributed by atoms with Crippen molar-refractivity contribution in [2.45, 2.75) is 13.1 Å². The Balaban J connectivity index is 3.07. The highest BCUT2D eigenvalue weighted by Crippen LogP contribution is 2.26. The van der Waals surface area contributed by atoms with Gasteiger partial charge in [0.1, 0.15) is 17.7 Å². The van der Waals surface area contributed by atoms with Crippen molar-refractivity contribution in [3.05, 3.63) is 23.8 Å². The lowest BCUT2D eigenvalue weighted by atomic mass is 10.1. The van der Waals surface area contributed by atoms with Crippen LogP contribution in [0, 0.1) is 6.07 Å². The predicted octanol–water partition coefficient (Wildman–Crippen LogP) is 2.53. The molecular formula is C10H12FO2. The minimum Gasteiger partial charge on any atom is -0.496 e. The summed E-state index contributed by atoms with van der Waals surface area (Å²) in [4.78, 5) is 0. The summed E-state index contributed by atoms with van der Waals surface area (Å²) in [6.07, 6.45) is -1.03. The largest absolute Gasteiger partial charge is 0.496 e. The Morgan fingerprint density at radius 2 is 1.69 bits per heavy atom. The van der Waals surface area contributed by atoms with Crippen LogP contribution in [-0.4, -0.2) is 14.2 Å². The zero-order valence-corrected chi connectivity index (χ0v) is 7.93. The van der Waals surface area contributed by atoms with E-state index in [2.05, 4.69) is 6.07 Å². The predicted molar refractivity (Wildman–Crippen MR) is 47.9 cm³/mol. The fourth-order valence-corrected chi connectivity index (χ4v) is 0.988. The first kappa shape index (κ1) is 9.84. The Labute approximate surface area is 77.3 Å². The van der Waals surface area contributed by atoms with Crippen LogP contribution in [0.2, 0.25) is 0 Å². The molecule has 1 radical (unpaired) electrons. The lowest BCUT2D eigenvalue weighted by molar-refractivity contribution is 0.361. The van der Waals surface area contributed by atoms with Crippen molar-refractivity contribution < 1.29 is 13.9 Å². The van der Waals surface area contributed by atoms with Crippen molar-refractivity contribution >= 4 is 0 Å². The third kappa shape index (κ3) is 2.34. The molecule has 0 heterocycles. The third-order valence-corrected chi connectivity index (χ3v) is 1.74. The SMILES string of the molecule is COc1[c]c(OC)cc(C(C)F)c1. The molecule has 0 saturated heterocycles. The highest BCUT2D eigenvalue weighted by molar-refractivity contribution is 5.37. The summed E-state index contributed by atoms with van der Waals surface area (Å²) >= 11 is 0. The van der Waals surface area contributed by atoms with E-state index in [-0.39, 0.29) is 0 Å². The summed E-state index contributed by atoms with van der Waals surface area (Å²) in [6, 6.07) is 6.04. The molecule has 0 spiro atoms. The van der Waals surface area contributed by atoms with E-state index in [9.17, 15) is 4.39 Å². The molecule has 71 valence electrons. The molecule has 0 fully saturated rings. The maximum Gasteiger partial charge on any atom is 0.131 e. The summed E-state index contributed by atoms with van der Waals surface area (Å²) in [6.45, 7) is 1.47. The Morgan fingerprint density at radius 3 is 2.00 bits per heavy atom. The van der Waals surface area contributed by atoms with Crippen LogP contribution in [-0.2, 0) is 0 Å². The number of hydrogen-bond acceptors (Lipinski definition) is 2. The van der Waals surface area contributed by atoms with E-state index < -0.39 is 6.17 Å². The van der Waals surface area contributed by atoms with Gasteiger partial charge in [0, 0.05) is 0 Å². The lowest BCUT2D eigenvalue weighted by Gasteiger charge is -2.08.